The fraction of sp³-hybridized carbons (Fsp3) is 0.571. The van der Waals surface area contributed by atoms with Crippen molar-refractivity contribution in [1.82, 2.24) is 0 Å². The third kappa shape index (κ3) is 11.9. The molecule has 0 bridgehead atoms. The summed E-state index contributed by atoms with van der Waals surface area (Å²) in [5, 5.41) is 23.1. The second-order valence-electron chi connectivity index (χ2n) is 9.79. The monoisotopic (exact) mass is 472 g/mol. The highest BCUT2D eigenvalue weighted by Gasteiger charge is 2.09. The van der Waals surface area contributed by atoms with Gasteiger partial charge in [-0.3, -0.25) is 0 Å². The number of benzene rings is 2. The lowest BCUT2D eigenvalue weighted by atomic mass is 10.2. The highest BCUT2D eigenvalue weighted by Crippen LogP contribution is 2.30. The summed E-state index contributed by atoms with van der Waals surface area (Å²) in [5.74, 6) is 1.22. The van der Waals surface area contributed by atoms with Crippen LogP contribution in [0.15, 0.2) is 36.4 Å². The number of hydrogen-bond acceptors (Lipinski definition) is 6. The predicted octanol–water partition coefficient (Wildman–Crippen LogP) is 7.54. The molecule has 0 saturated carbocycles. The van der Waals surface area contributed by atoms with E-state index in [4.69, 9.17) is 4.74 Å². The Labute approximate surface area is 207 Å². The Kier molecular flexibility index (Phi) is 13.1. The Hall–Kier alpha value is -2.76. The molecule has 6 nitrogen and oxygen atoms in total. The Morgan fingerprint density at radius 1 is 0.735 bits per heavy atom. The van der Waals surface area contributed by atoms with Crippen molar-refractivity contribution < 1.29 is 9.84 Å². The van der Waals surface area contributed by atoms with Gasteiger partial charge in [-0.05, 0) is 98.2 Å². The van der Waals surface area contributed by atoms with Crippen LogP contribution < -0.4 is 26.0 Å². The van der Waals surface area contributed by atoms with Crippen LogP contribution >= 0.6 is 0 Å². The molecule has 5 N–H and O–H groups in total. The minimum atomic E-state index is 0.182. The van der Waals surface area contributed by atoms with E-state index in [1.165, 1.54) is 0 Å². The molecule has 0 fully saturated rings. The van der Waals surface area contributed by atoms with Crippen LogP contribution in [-0.4, -0.2) is 35.9 Å². The second kappa shape index (κ2) is 15.2. The van der Waals surface area contributed by atoms with E-state index in [9.17, 15) is 5.11 Å². The van der Waals surface area contributed by atoms with Crippen LogP contribution in [0, 0.1) is 0 Å². The average Bonchev–Trinajstić information content (AvgIpc) is 2.71. The lowest BCUT2D eigenvalue weighted by Crippen LogP contribution is -2.15. The molecule has 0 aliphatic carbocycles. The van der Waals surface area contributed by atoms with Crippen LogP contribution in [0.5, 0.6) is 11.5 Å². The van der Waals surface area contributed by atoms with Gasteiger partial charge in [-0.1, -0.05) is 13.3 Å². The Morgan fingerprint density at radius 2 is 1.26 bits per heavy atom. The van der Waals surface area contributed by atoms with Gasteiger partial charge in [-0.25, -0.2) is 0 Å². The maximum absolute atomic E-state index is 9.68. The molecule has 192 valence electrons. The molecule has 0 spiro atoms. The predicted molar refractivity (Wildman–Crippen MR) is 150 cm³/mol. The molecule has 0 heterocycles. The first-order valence-electron chi connectivity index (χ1n) is 12.7. The third-order valence-corrected chi connectivity index (χ3v) is 4.54. The molecule has 0 radical (unpaired) electrons. The Bertz CT molecular complexity index is 835. The Morgan fingerprint density at radius 3 is 1.76 bits per heavy atom. The SMILES string of the molecule is CC(C)Nc1ccc(OC(C)C)c(NC(C)C)c1.CCCCNc1cc(NC(C)C)ccc1O. The van der Waals surface area contributed by atoms with Gasteiger partial charge in [0, 0.05) is 36.0 Å². The number of phenols is 1. The van der Waals surface area contributed by atoms with E-state index in [1.54, 1.807) is 6.07 Å². The molecule has 0 atom stereocenters. The quantitative estimate of drug-likeness (QED) is 0.125. The van der Waals surface area contributed by atoms with Crippen LogP contribution in [0.3, 0.4) is 0 Å². The van der Waals surface area contributed by atoms with E-state index < -0.39 is 0 Å². The highest BCUT2D eigenvalue weighted by atomic mass is 16.5. The number of aromatic hydroxyl groups is 1. The molecule has 0 amide bonds. The largest absolute Gasteiger partial charge is 0.506 e. The summed E-state index contributed by atoms with van der Waals surface area (Å²) in [6, 6.07) is 13.0. The van der Waals surface area contributed by atoms with Crippen molar-refractivity contribution in [2.45, 2.75) is 99.4 Å². The third-order valence-electron chi connectivity index (χ3n) is 4.54. The molecule has 6 heteroatoms. The number of hydrogen-bond donors (Lipinski definition) is 5. The summed E-state index contributed by atoms with van der Waals surface area (Å²) in [6.07, 6.45) is 2.44. The van der Waals surface area contributed by atoms with E-state index in [-0.39, 0.29) is 6.10 Å². The lowest BCUT2D eigenvalue weighted by molar-refractivity contribution is 0.243. The van der Waals surface area contributed by atoms with Crippen LogP contribution in [-0.2, 0) is 0 Å². The molecule has 2 aromatic carbocycles. The smallest absolute Gasteiger partial charge is 0.142 e. The minimum Gasteiger partial charge on any atom is -0.506 e. The van der Waals surface area contributed by atoms with Gasteiger partial charge in [0.1, 0.15) is 11.5 Å². The van der Waals surface area contributed by atoms with Gasteiger partial charge in [0.25, 0.3) is 0 Å². The topological polar surface area (TPSA) is 77.6 Å². The van der Waals surface area contributed by atoms with Gasteiger partial charge in [0.05, 0.1) is 17.5 Å². The normalized spacial score (nSPS) is 10.9. The number of nitrogens with one attached hydrogen (secondary N) is 4. The molecule has 34 heavy (non-hydrogen) atoms. The van der Waals surface area contributed by atoms with E-state index in [2.05, 4.69) is 81.9 Å². The highest BCUT2D eigenvalue weighted by molar-refractivity contribution is 5.66. The zero-order valence-electron chi connectivity index (χ0n) is 22.8. The van der Waals surface area contributed by atoms with Crippen molar-refractivity contribution in [3.63, 3.8) is 0 Å². The summed E-state index contributed by atoms with van der Waals surface area (Å²) in [4.78, 5) is 0. The van der Waals surface area contributed by atoms with Crippen molar-refractivity contribution in [2.75, 3.05) is 27.8 Å². The van der Waals surface area contributed by atoms with Crippen LogP contribution in [0.25, 0.3) is 0 Å². The van der Waals surface area contributed by atoms with Crippen molar-refractivity contribution in [1.29, 1.82) is 0 Å². The lowest BCUT2D eigenvalue weighted by Gasteiger charge is -2.19. The van der Waals surface area contributed by atoms with Gasteiger partial charge in [-0.15, -0.1) is 0 Å². The number of ether oxygens (including phenoxy) is 1. The maximum Gasteiger partial charge on any atom is 0.142 e. The van der Waals surface area contributed by atoms with E-state index in [1.807, 2.05) is 32.0 Å². The first kappa shape index (κ1) is 29.3. The standard InChI is InChI=1S/C15H26N2O.C13H22N2O/c1-10(2)16-13-7-8-15(18-12(5)6)14(9-13)17-11(3)4;1-4-5-8-14-12-9-11(15-10(2)3)6-7-13(12)16/h7-12,16-17H,1-6H3;6-7,9-10,14-16H,4-5,8H2,1-3H3. The van der Waals surface area contributed by atoms with Gasteiger partial charge in [0.2, 0.25) is 0 Å². The summed E-state index contributed by atoms with van der Waals surface area (Å²) < 4.78 is 5.82. The summed E-state index contributed by atoms with van der Waals surface area (Å²) in [6.45, 7) is 19.8. The minimum absolute atomic E-state index is 0.182. The van der Waals surface area contributed by atoms with Crippen molar-refractivity contribution in [3.05, 3.63) is 36.4 Å². The molecular formula is C28H48N4O2. The summed E-state index contributed by atoms with van der Waals surface area (Å²) in [5.41, 5.74) is 4.00. The molecule has 0 aromatic heterocycles. The summed E-state index contributed by atoms with van der Waals surface area (Å²) in [7, 11) is 0. The first-order chi connectivity index (χ1) is 16.0. The van der Waals surface area contributed by atoms with Gasteiger partial charge < -0.3 is 31.1 Å². The molecular weight excluding hydrogens is 424 g/mol. The first-order valence-corrected chi connectivity index (χ1v) is 12.7. The van der Waals surface area contributed by atoms with Crippen molar-refractivity contribution in [3.8, 4) is 11.5 Å². The van der Waals surface area contributed by atoms with Crippen molar-refractivity contribution >= 4 is 22.7 Å². The average molecular weight is 473 g/mol. The van der Waals surface area contributed by atoms with E-state index in [0.717, 1.165) is 47.9 Å². The van der Waals surface area contributed by atoms with Crippen molar-refractivity contribution in [2.24, 2.45) is 0 Å². The van der Waals surface area contributed by atoms with E-state index in [0.29, 0.717) is 23.9 Å². The van der Waals surface area contributed by atoms with Gasteiger partial charge in [-0.2, -0.15) is 0 Å². The van der Waals surface area contributed by atoms with Crippen LogP contribution in [0.4, 0.5) is 22.7 Å². The van der Waals surface area contributed by atoms with E-state index >= 15 is 0 Å². The molecule has 0 aliphatic rings. The number of rotatable bonds is 12. The molecule has 0 aliphatic heterocycles. The maximum atomic E-state index is 9.68. The zero-order chi connectivity index (χ0) is 25.7. The Balaban J connectivity index is 0.000000342. The fourth-order valence-corrected chi connectivity index (χ4v) is 3.23. The fourth-order valence-electron chi connectivity index (χ4n) is 3.23. The summed E-state index contributed by atoms with van der Waals surface area (Å²) >= 11 is 0. The number of anilines is 4. The van der Waals surface area contributed by atoms with Crippen LogP contribution in [0.1, 0.15) is 75.2 Å². The number of phenolic OH excluding ortho intramolecular Hbond substituents is 1. The second-order valence-corrected chi connectivity index (χ2v) is 9.79. The number of unbranched alkanes of at least 4 members (excludes halogenated alkanes) is 1. The molecule has 0 unspecified atom stereocenters. The molecule has 2 rings (SSSR count). The zero-order valence-corrected chi connectivity index (χ0v) is 22.8. The van der Waals surface area contributed by atoms with Gasteiger partial charge in [0.15, 0.2) is 0 Å². The van der Waals surface area contributed by atoms with Crippen LogP contribution in [0.2, 0.25) is 0 Å². The van der Waals surface area contributed by atoms with Gasteiger partial charge >= 0.3 is 0 Å². The molecule has 2 aromatic rings. The molecule has 0 saturated heterocycles.